The summed E-state index contributed by atoms with van der Waals surface area (Å²) in [5.74, 6) is 0. The second-order valence-electron chi connectivity index (χ2n) is 4.74. The van der Waals surface area contributed by atoms with Gasteiger partial charge in [-0.3, -0.25) is 9.78 Å². The van der Waals surface area contributed by atoms with E-state index in [4.69, 9.17) is 0 Å². The summed E-state index contributed by atoms with van der Waals surface area (Å²) >= 11 is 0. The number of aromatic amines is 1. The maximum atomic E-state index is 12.6. The monoisotopic (exact) mass is 326 g/mol. The van der Waals surface area contributed by atoms with E-state index in [9.17, 15) is 22.8 Å². The van der Waals surface area contributed by atoms with Crippen LogP contribution in [-0.2, 0) is 6.18 Å². The van der Waals surface area contributed by atoms with Crippen molar-refractivity contribution in [3.05, 3.63) is 58.3 Å². The summed E-state index contributed by atoms with van der Waals surface area (Å²) in [4.78, 5) is 29.2. The molecule has 0 saturated heterocycles. The van der Waals surface area contributed by atoms with Crippen molar-refractivity contribution in [1.82, 2.24) is 15.3 Å². The average Bonchev–Trinajstić information content (AvgIpc) is 2.49. The lowest BCUT2D eigenvalue weighted by atomic mass is 10.1. The van der Waals surface area contributed by atoms with Gasteiger partial charge in [-0.2, -0.15) is 13.2 Å². The highest BCUT2D eigenvalue weighted by molar-refractivity contribution is 5.89. The van der Waals surface area contributed by atoms with E-state index >= 15 is 0 Å². The first-order valence-electron chi connectivity index (χ1n) is 6.55. The SMILES string of the molecule is CC(NC(=O)Nc1cc(C(F)(F)F)c[nH]c1=O)c1cccnc1. The molecule has 6 nitrogen and oxygen atoms in total. The fraction of sp³-hybridized carbons (Fsp3) is 0.214. The smallest absolute Gasteiger partial charge is 0.331 e. The molecule has 2 aromatic heterocycles. The van der Waals surface area contributed by atoms with E-state index in [0.29, 0.717) is 17.8 Å². The topological polar surface area (TPSA) is 86.9 Å². The number of halogens is 3. The summed E-state index contributed by atoms with van der Waals surface area (Å²) < 4.78 is 37.8. The molecule has 2 heterocycles. The van der Waals surface area contributed by atoms with Gasteiger partial charge >= 0.3 is 12.2 Å². The highest BCUT2D eigenvalue weighted by Crippen LogP contribution is 2.29. The number of anilines is 1. The van der Waals surface area contributed by atoms with Crippen LogP contribution >= 0.6 is 0 Å². The van der Waals surface area contributed by atoms with Gasteiger partial charge in [0.2, 0.25) is 0 Å². The summed E-state index contributed by atoms with van der Waals surface area (Å²) in [5, 5.41) is 4.62. The van der Waals surface area contributed by atoms with E-state index in [-0.39, 0.29) is 0 Å². The van der Waals surface area contributed by atoms with Crippen molar-refractivity contribution in [3.63, 3.8) is 0 Å². The van der Waals surface area contributed by atoms with E-state index < -0.39 is 35.1 Å². The number of rotatable bonds is 3. The summed E-state index contributed by atoms with van der Waals surface area (Å²) in [6, 6.07) is 2.75. The predicted octanol–water partition coefficient (Wildman–Crippen LogP) is 2.67. The van der Waals surface area contributed by atoms with Gasteiger partial charge in [-0.25, -0.2) is 4.79 Å². The van der Waals surface area contributed by atoms with E-state index in [1.807, 2.05) is 4.98 Å². The molecule has 1 atom stereocenters. The lowest BCUT2D eigenvalue weighted by Gasteiger charge is -2.15. The molecule has 0 aliphatic rings. The van der Waals surface area contributed by atoms with Gasteiger partial charge in [-0.05, 0) is 24.6 Å². The molecule has 0 saturated carbocycles. The second-order valence-corrected chi connectivity index (χ2v) is 4.74. The fourth-order valence-corrected chi connectivity index (χ4v) is 1.81. The third-order valence-corrected chi connectivity index (χ3v) is 3.01. The van der Waals surface area contributed by atoms with Gasteiger partial charge in [0.15, 0.2) is 0 Å². The summed E-state index contributed by atoms with van der Waals surface area (Å²) in [7, 11) is 0. The molecule has 1 unspecified atom stereocenters. The molecule has 2 aromatic rings. The standard InChI is InChI=1S/C14H13F3N4O2/c1-8(9-3-2-4-18-6-9)20-13(23)21-11-5-10(14(15,16)17)7-19-12(11)22/h2-8H,1H3,(H,19,22)(H2,20,21,23). The lowest BCUT2D eigenvalue weighted by Crippen LogP contribution is -2.33. The highest BCUT2D eigenvalue weighted by Gasteiger charge is 2.31. The van der Waals surface area contributed by atoms with Crippen LogP contribution in [0.5, 0.6) is 0 Å². The minimum Gasteiger partial charge on any atom is -0.331 e. The molecule has 0 aliphatic carbocycles. The van der Waals surface area contributed by atoms with Crippen LogP contribution in [0.2, 0.25) is 0 Å². The Kier molecular flexibility index (Phi) is 4.68. The van der Waals surface area contributed by atoms with Gasteiger partial charge in [0.1, 0.15) is 5.69 Å². The maximum absolute atomic E-state index is 12.6. The van der Waals surface area contributed by atoms with Crippen molar-refractivity contribution in [2.45, 2.75) is 19.1 Å². The maximum Gasteiger partial charge on any atom is 0.417 e. The zero-order valence-corrected chi connectivity index (χ0v) is 11.9. The van der Waals surface area contributed by atoms with Crippen LogP contribution in [0.3, 0.4) is 0 Å². The predicted molar refractivity (Wildman–Crippen MR) is 76.9 cm³/mol. The van der Waals surface area contributed by atoms with Crippen molar-refractivity contribution in [2.24, 2.45) is 0 Å². The fourth-order valence-electron chi connectivity index (χ4n) is 1.81. The van der Waals surface area contributed by atoms with E-state index in [1.165, 1.54) is 0 Å². The Morgan fingerprint density at radius 2 is 2.13 bits per heavy atom. The molecule has 0 spiro atoms. The highest BCUT2D eigenvalue weighted by atomic mass is 19.4. The number of aromatic nitrogens is 2. The molecule has 2 rings (SSSR count). The number of carbonyl (C=O) groups is 1. The first-order chi connectivity index (χ1) is 10.8. The van der Waals surface area contributed by atoms with Gasteiger partial charge in [-0.1, -0.05) is 6.07 Å². The number of H-pyrrole nitrogens is 1. The van der Waals surface area contributed by atoms with Gasteiger partial charge in [0.25, 0.3) is 5.56 Å². The van der Waals surface area contributed by atoms with Crippen LogP contribution in [0.25, 0.3) is 0 Å². The Morgan fingerprint density at radius 3 is 2.74 bits per heavy atom. The normalized spacial score (nSPS) is 12.5. The molecule has 3 N–H and O–H groups in total. The number of nitrogens with one attached hydrogen (secondary N) is 3. The lowest BCUT2D eigenvalue weighted by molar-refractivity contribution is -0.137. The van der Waals surface area contributed by atoms with Crippen LogP contribution in [0, 0.1) is 0 Å². The minimum absolute atomic E-state index is 0.436. The number of urea groups is 1. The largest absolute Gasteiger partial charge is 0.417 e. The average molecular weight is 326 g/mol. The molecular weight excluding hydrogens is 313 g/mol. The Bertz CT molecular complexity index is 744. The van der Waals surface area contributed by atoms with Crippen molar-refractivity contribution < 1.29 is 18.0 Å². The van der Waals surface area contributed by atoms with Crippen LogP contribution in [0.1, 0.15) is 24.1 Å². The van der Waals surface area contributed by atoms with Gasteiger partial charge in [0.05, 0.1) is 11.6 Å². The molecule has 0 bridgehead atoms. The Morgan fingerprint density at radius 1 is 1.39 bits per heavy atom. The van der Waals surface area contributed by atoms with Crippen molar-refractivity contribution in [1.29, 1.82) is 0 Å². The molecule has 0 fully saturated rings. The van der Waals surface area contributed by atoms with Gasteiger partial charge in [-0.15, -0.1) is 0 Å². The molecule has 2 amide bonds. The number of carbonyl (C=O) groups excluding carboxylic acids is 1. The number of alkyl halides is 3. The number of amides is 2. The van der Waals surface area contributed by atoms with E-state index in [2.05, 4.69) is 15.6 Å². The quantitative estimate of drug-likeness (QED) is 0.810. The van der Waals surface area contributed by atoms with Crippen molar-refractivity contribution in [2.75, 3.05) is 5.32 Å². The Labute approximate surface area is 128 Å². The summed E-state index contributed by atoms with van der Waals surface area (Å²) in [5.41, 5.74) is -1.67. The third-order valence-electron chi connectivity index (χ3n) is 3.01. The first-order valence-corrected chi connectivity index (χ1v) is 6.55. The van der Waals surface area contributed by atoms with Crippen molar-refractivity contribution >= 4 is 11.7 Å². The molecule has 9 heteroatoms. The van der Waals surface area contributed by atoms with Gasteiger partial charge < -0.3 is 15.6 Å². The van der Waals surface area contributed by atoms with E-state index in [1.54, 1.807) is 31.5 Å². The molecule has 122 valence electrons. The van der Waals surface area contributed by atoms with Crippen LogP contribution < -0.4 is 16.2 Å². The van der Waals surface area contributed by atoms with Crippen molar-refractivity contribution in [3.8, 4) is 0 Å². The van der Waals surface area contributed by atoms with Crippen LogP contribution in [0.4, 0.5) is 23.7 Å². The summed E-state index contributed by atoms with van der Waals surface area (Å²) in [6.07, 6.45) is -0.968. The van der Waals surface area contributed by atoms with Gasteiger partial charge in [0, 0.05) is 18.6 Å². The zero-order chi connectivity index (χ0) is 17.0. The zero-order valence-electron chi connectivity index (χ0n) is 11.9. The molecule has 23 heavy (non-hydrogen) atoms. The first kappa shape index (κ1) is 16.5. The Balaban J connectivity index is 2.10. The number of pyridine rings is 2. The number of hydrogen-bond acceptors (Lipinski definition) is 3. The number of hydrogen-bond donors (Lipinski definition) is 3. The molecule has 0 aliphatic heterocycles. The van der Waals surface area contributed by atoms with Crippen LogP contribution in [-0.4, -0.2) is 16.0 Å². The summed E-state index contributed by atoms with van der Waals surface area (Å²) in [6.45, 7) is 1.67. The molecule has 0 aromatic carbocycles. The van der Waals surface area contributed by atoms with Crippen LogP contribution in [0.15, 0.2) is 41.6 Å². The third kappa shape index (κ3) is 4.31. The van der Waals surface area contributed by atoms with E-state index in [0.717, 1.165) is 0 Å². The number of nitrogens with zero attached hydrogens (tertiary/aromatic N) is 1. The Hall–Kier alpha value is -2.84. The molecular formula is C14H13F3N4O2. The minimum atomic E-state index is -4.62. The molecule has 0 radical (unpaired) electrons. The second kappa shape index (κ2) is 6.51.